The molecule has 0 aliphatic heterocycles. The second-order valence-electron chi connectivity index (χ2n) is 5.69. The number of ether oxygens (including phenoxy) is 1. The quantitative estimate of drug-likeness (QED) is 0.460. The highest BCUT2D eigenvalue weighted by molar-refractivity contribution is 9.10. The van der Waals surface area contributed by atoms with Crippen LogP contribution in [0, 0.1) is 0 Å². The number of hydrogen-bond donors (Lipinski definition) is 3. The lowest BCUT2D eigenvalue weighted by molar-refractivity contribution is 0.102. The Labute approximate surface area is 160 Å². The number of amides is 1. The first kappa shape index (κ1) is 17.1. The Morgan fingerprint density at radius 1 is 1.22 bits per heavy atom. The summed E-state index contributed by atoms with van der Waals surface area (Å²) in [7, 11) is 1.58. The minimum atomic E-state index is -0.676. The first-order valence-electron chi connectivity index (χ1n) is 7.88. The minimum Gasteiger partial charge on any atom is -0.496 e. The Balaban J connectivity index is 1.70. The number of H-pyrrole nitrogens is 2. The standard InChI is InChI=1S/C18H13BrN4O4/c1-26-15-4-2-3-12-10(15)8-14(20-12)17(24)21-13-6-5-9(19)7-11(13)16-22-18(25)27-23-16/h2-8,20H,1H3,(H,21,24)(H,22,23,25). The Morgan fingerprint density at radius 3 is 2.81 bits per heavy atom. The fourth-order valence-corrected chi connectivity index (χ4v) is 3.15. The summed E-state index contributed by atoms with van der Waals surface area (Å²) in [5.74, 6) is -0.130. The van der Waals surface area contributed by atoms with E-state index in [9.17, 15) is 9.59 Å². The number of carbonyl (C=O) groups is 1. The molecule has 0 fully saturated rings. The lowest BCUT2D eigenvalue weighted by Gasteiger charge is -2.09. The number of anilines is 1. The number of hydrogen-bond acceptors (Lipinski definition) is 5. The van der Waals surface area contributed by atoms with Crippen molar-refractivity contribution in [3.05, 3.63) is 63.2 Å². The van der Waals surface area contributed by atoms with Crippen LogP contribution in [0.5, 0.6) is 5.75 Å². The average Bonchev–Trinajstić information content (AvgIpc) is 3.29. The summed E-state index contributed by atoms with van der Waals surface area (Å²) < 4.78 is 10.6. The molecule has 0 spiro atoms. The zero-order chi connectivity index (χ0) is 19.0. The summed E-state index contributed by atoms with van der Waals surface area (Å²) >= 11 is 3.37. The average molecular weight is 429 g/mol. The molecule has 0 saturated carbocycles. The molecule has 2 aromatic carbocycles. The number of aromatic nitrogens is 3. The predicted molar refractivity (Wildman–Crippen MR) is 103 cm³/mol. The number of benzene rings is 2. The Hall–Kier alpha value is -3.33. The van der Waals surface area contributed by atoms with Crippen molar-refractivity contribution in [3.8, 4) is 17.1 Å². The number of nitrogens with one attached hydrogen (secondary N) is 3. The fraction of sp³-hybridized carbons (Fsp3) is 0.0556. The molecule has 0 unspecified atom stereocenters. The van der Waals surface area contributed by atoms with E-state index in [1.807, 2.05) is 18.2 Å². The summed E-state index contributed by atoms with van der Waals surface area (Å²) in [5.41, 5.74) is 2.14. The van der Waals surface area contributed by atoms with E-state index in [0.717, 1.165) is 15.4 Å². The summed E-state index contributed by atoms with van der Waals surface area (Å²) in [5, 5.41) is 7.32. The van der Waals surface area contributed by atoms with E-state index in [1.165, 1.54) is 0 Å². The molecule has 2 aromatic heterocycles. The zero-order valence-electron chi connectivity index (χ0n) is 14.0. The van der Waals surface area contributed by atoms with E-state index in [2.05, 4.69) is 40.9 Å². The van der Waals surface area contributed by atoms with Gasteiger partial charge in [-0.25, -0.2) is 4.79 Å². The molecule has 0 bridgehead atoms. The molecule has 1 amide bonds. The monoisotopic (exact) mass is 428 g/mol. The van der Waals surface area contributed by atoms with E-state index in [1.54, 1.807) is 31.4 Å². The lowest BCUT2D eigenvalue weighted by Crippen LogP contribution is -2.13. The molecule has 9 heteroatoms. The van der Waals surface area contributed by atoms with E-state index >= 15 is 0 Å². The van der Waals surface area contributed by atoms with Crippen molar-refractivity contribution in [3.63, 3.8) is 0 Å². The molecule has 136 valence electrons. The number of nitrogens with zero attached hydrogens (tertiary/aromatic N) is 1. The third-order valence-corrected chi connectivity index (χ3v) is 4.51. The van der Waals surface area contributed by atoms with Crippen LogP contribution in [0.4, 0.5) is 5.69 Å². The molecule has 3 N–H and O–H groups in total. The predicted octanol–water partition coefficient (Wildman–Crippen LogP) is 3.53. The molecular weight excluding hydrogens is 416 g/mol. The van der Waals surface area contributed by atoms with E-state index < -0.39 is 5.76 Å². The fourth-order valence-electron chi connectivity index (χ4n) is 2.78. The van der Waals surface area contributed by atoms with Gasteiger partial charge in [-0.05, 0) is 36.4 Å². The van der Waals surface area contributed by atoms with Gasteiger partial charge in [-0.2, -0.15) is 0 Å². The molecule has 8 nitrogen and oxygen atoms in total. The second kappa shape index (κ2) is 6.76. The molecule has 4 aromatic rings. The largest absolute Gasteiger partial charge is 0.496 e. The number of aromatic amines is 2. The van der Waals surface area contributed by atoms with Gasteiger partial charge in [0.2, 0.25) is 0 Å². The molecule has 4 rings (SSSR count). The lowest BCUT2D eigenvalue weighted by atomic mass is 10.1. The van der Waals surface area contributed by atoms with Crippen molar-refractivity contribution < 1.29 is 14.1 Å². The SMILES string of the molecule is COc1cccc2[nH]c(C(=O)Nc3ccc(Br)cc3-c3noc(=O)[nH]3)cc12. The normalized spacial score (nSPS) is 10.9. The highest BCUT2D eigenvalue weighted by Gasteiger charge is 2.16. The second-order valence-corrected chi connectivity index (χ2v) is 6.61. The van der Waals surface area contributed by atoms with E-state index in [0.29, 0.717) is 22.7 Å². The van der Waals surface area contributed by atoms with Gasteiger partial charge in [0.15, 0.2) is 5.82 Å². The van der Waals surface area contributed by atoms with Gasteiger partial charge in [0, 0.05) is 20.9 Å². The van der Waals surface area contributed by atoms with Crippen LogP contribution in [0.2, 0.25) is 0 Å². The van der Waals surface area contributed by atoms with Gasteiger partial charge in [0.05, 0.1) is 12.8 Å². The van der Waals surface area contributed by atoms with Gasteiger partial charge >= 0.3 is 5.76 Å². The number of carbonyl (C=O) groups excluding carboxylic acids is 1. The molecule has 2 heterocycles. The maximum Gasteiger partial charge on any atom is 0.439 e. The van der Waals surface area contributed by atoms with Gasteiger partial charge in [-0.1, -0.05) is 27.2 Å². The van der Waals surface area contributed by atoms with E-state index in [-0.39, 0.29) is 11.7 Å². The Bertz CT molecular complexity index is 1210. The van der Waals surface area contributed by atoms with Gasteiger partial charge in [0.1, 0.15) is 11.4 Å². The van der Waals surface area contributed by atoms with Crippen LogP contribution in [0.25, 0.3) is 22.3 Å². The van der Waals surface area contributed by atoms with Crippen LogP contribution < -0.4 is 15.8 Å². The number of fused-ring (bicyclic) bond motifs is 1. The van der Waals surface area contributed by atoms with Crippen LogP contribution in [0.15, 0.2) is 56.3 Å². The van der Waals surface area contributed by atoms with Crippen LogP contribution in [-0.2, 0) is 0 Å². The van der Waals surface area contributed by atoms with Crippen molar-refractivity contribution in [2.45, 2.75) is 0 Å². The molecule has 0 saturated heterocycles. The number of halogens is 1. The van der Waals surface area contributed by atoms with Crippen molar-refractivity contribution >= 4 is 38.4 Å². The molecule has 0 aliphatic rings. The zero-order valence-corrected chi connectivity index (χ0v) is 15.6. The molecule has 0 atom stereocenters. The van der Waals surface area contributed by atoms with E-state index in [4.69, 9.17) is 4.74 Å². The van der Waals surface area contributed by atoms with Crippen LogP contribution in [0.1, 0.15) is 10.5 Å². The Kier molecular flexibility index (Phi) is 4.28. The highest BCUT2D eigenvalue weighted by Crippen LogP contribution is 2.30. The highest BCUT2D eigenvalue weighted by atomic mass is 79.9. The molecule has 0 radical (unpaired) electrons. The topological polar surface area (TPSA) is 113 Å². The minimum absolute atomic E-state index is 0.218. The van der Waals surface area contributed by atoms with Gasteiger partial charge in [-0.15, -0.1) is 0 Å². The maximum absolute atomic E-state index is 12.7. The van der Waals surface area contributed by atoms with Gasteiger partial charge < -0.3 is 15.0 Å². The maximum atomic E-state index is 12.7. The number of rotatable bonds is 4. The third kappa shape index (κ3) is 3.24. The first-order chi connectivity index (χ1) is 13.0. The number of methoxy groups -OCH3 is 1. The summed E-state index contributed by atoms with van der Waals surface area (Å²) in [6.07, 6.45) is 0. The van der Waals surface area contributed by atoms with Crippen molar-refractivity contribution in [1.29, 1.82) is 0 Å². The summed E-state index contributed by atoms with van der Waals surface area (Å²) in [6, 6.07) is 12.4. The first-order valence-corrected chi connectivity index (χ1v) is 8.67. The van der Waals surface area contributed by atoms with Crippen molar-refractivity contribution in [2.75, 3.05) is 12.4 Å². The van der Waals surface area contributed by atoms with Gasteiger partial charge in [0.25, 0.3) is 5.91 Å². The molecule has 0 aliphatic carbocycles. The smallest absolute Gasteiger partial charge is 0.439 e. The van der Waals surface area contributed by atoms with Crippen LogP contribution in [0.3, 0.4) is 0 Å². The molecule has 27 heavy (non-hydrogen) atoms. The van der Waals surface area contributed by atoms with Crippen LogP contribution in [-0.4, -0.2) is 28.1 Å². The van der Waals surface area contributed by atoms with Crippen LogP contribution >= 0.6 is 15.9 Å². The Morgan fingerprint density at radius 2 is 2.07 bits per heavy atom. The summed E-state index contributed by atoms with van der Waals surface area (Å²) in [4.78, 5) is 29.6. The third-order valence-electron chi connectivity index (χ3n) is 4.01. The van der Waals surface area contributed by atoms with Crippen molar-refractivity contribution in [1.82, 2.24) is 15.1 Å². The summed E-state index contributed by atoms with van der Waals surface area (Å²) in [6.45, 7) is 0. The molecular formula is C18H13BrN4O4. The van der Waals surface area contributed by atoms with Gasteiger partial charge in [-0.3, -0.25) is 14.3 Å². The van der Waals surface area contributed by atoms with Crippen molar-refractivity contribution in [2.24, 2.45) is 0 Å².